The molecule has 0 amide bonds. The molecule has 2 rings (SSSR count). The van der Waals surface area contributed by atoms with Crippen molar-refractivity contribution in [2.24, 2.45) is 0 Å². The van der Waals surface area contributed by atoms with Crippen molar-refractivity contribution in [3.05, 3.63) is 40.4 Å². The normalized spacial score (nSPS) is 11.7. The maximum Gasteiger partial charge on any atom is 0.243 e. The molecule has 0 unspecified atom stereocenters. The zero-order valence-corrected chi connectivity index (χ0v) is 12.6. The molecule has 0 aliphatic carbocycles. The van der Waals surface area contributed by atoms with Gasteiger partial charge in [-0.05, 0) is 12.1 Å². The number of sulfonamides is 1. The average Bonchev–Trinajstić information content (AvgIpc) is 2.79. The molecule has 6 nitrogen and oxygen atoms in total. The summed E-state index contributed by atoms with van der Waals surface area (Å²) in [5.74, 6) is 0.683. The van der Waals surface area contributed by atoms with Gasteiger partial charge in [0.1, 0.15) is 10.7 Å². The number of nitrogen functional groups attached to an aromatic ring is 1. The predicted octanol–water partition coefficient (Wildman–Crippen LogP) is 1.82. The van der Waals surface area contributed by atoms with Crippen molar-refractivity contribution in [3.63, 3.8) is 0 Å². The number of H-pyrrole nitrogens is 1. The standard InChI is InChI=1S/C11H12Cl2N4O2S/c12-8-5-7(14)6-9(13)11(8)20(18,19)17-2-1-10-15-3-4-16-10/h3-6,17H,1-2,14H2,(H,15,16). The van der Waals surface area contributed by atoms with Gasteiger partial charge in [0.05, 0.1) is 10.0 Å². The molecule has 1 aromatic carbocycles. The summed E-state index contributed by atoms with van der Waals surface area (Å²) in [4.78, 5) is 6.70. The highest BCUT2D eigenvalue weighted by Gasteiger charge is 2.21. The molecule has 0 aliphatic rings. The number of benzene rings is 1. The summed E-state index contributed by atoms with van der Waals surface area (Å²) < 4.78 is 26.7. The van der Waals surface area contributed by atoms with Crippen LogP contribution in [0.3, 0.4) is 0 Å². The van der Waals surface area contributed by atoms with Gasteiger partial charge >= 0.3 is 0 Å². The average molecular weight is 335 g/mol. The molecule has 0 saturated carbocycles. The van der Waals surface area contributed by atoms with Gasteiger partial charge in [-0.3, -0.25) is 0 Å². The van der Waals surface area contributed by atoms with Gasteiger partial charge in [-0.1, -0.05) is 23.2 Å². The van der Waals surface area contributed by atoms with Crippen molar-refractivity contribution >= 4 is 38.9 Å². The second kappa shape index (κ2) is 6.01. The minimum atomic E-state index is -3.80. The Kier molecular flexibility index (Phi) is 4.54. The number of aromatic nitrogens is 2. The summed E-state index contributed by atoms with van der Waals surface area (Å²) in [5.41, 5.74) is 5.84. The predicted molar refractivity (Wildman–Crippen MR) is 78.4 cm³/mol. The molecule has 4 N–H and O–H groups in total. The molecule has 108 valence electrons. The zero-order chi connectivity index (χ0) is 14.8. The van der Waals surface area contributed by atoms with Gasteiger partial charge in [0.15, 0.2) is 0 Å². The molecule has 0 radical (unpaired) electrons. The SMILES string of the molecule is Nc1cc(Cl)c(S(=O)(=O)NCCc2ncc[nH]2)c(Cl)c1. The third-order valence-electron chi connectivity index (χ3n) is 2.50. The highest BCUT2D eigenvalue weighted by molar-refractivity contribution is 7.89. The molecule has 0 atom stereocenters. The van der Waals surface area contributed by atoms with Gasteiger partial charge in [0.2, 0.25) is 10.0 Å². The van der Waals surface area contributed by atoms with Crippen LogP contribution in [0.1, 0.15) is 5.82 Å². The minimum Gasteiger partial charge on any atom is -0.399 e. The van der Waals surface area contributed by atoms with E-state index in [9.17, 15) is 8.42 Å². The van der Waals surface area contributed by atoms with E-state index in [4.69, 9.17) is 28.9 Å². The van der Waals surface area contributed by atoms with Crippen LogP contribution in [0.5, 0.6) is 0 Å². The molecule has 1 aromatic heterocycles. The molecular weight excluding hydrogens is 323 g/mol. The first kappa shape index (κ1) is 15.1. The Morgan fingerprint density at radius 2 is 1.95 bits per heavy atom. The molecule has 0 spiro atoms. The first-order valence-electron chi connectivity index (χ1n) is 5.62. The van der Waals surface area contributed by atoms with Gasteiger partial charge in [-0.15, -0.1) is 0 Å². The summed E-state index contributed by atoms with van der Waals surface area (Å²) in [5, 5.41) is -0.0269. The zero-order valence-electron chi connectivity index (χ0n) is 10.2. The monoisotopic (exact) mass is 334 g/mol. The van der Waals surface area contributed by atoms with Crippen LogP contribution in [0.15, 0.2) is 29.4 Å². The van der Waals surface area contributed by atoms with Gasteiger partial charge in [0.25, 0.3) is 0 Å². The maximum absolute atomic E-state index is 12.2. The molecular formula is C11H12Cl2N4O2S. The lowest BCUT2D eigenvalue weighted by atomic mass is 10.3. The molecule has 2 aromatic rings. The van der Waals surface area contributed by atoms with Crippen LogP contribution in [-0.4, -0.2) is 24.9 Å². The van der Waals surface area contributed by atoms with Crippen LogP contribution in [0, 0.1) is 0 Å². The van der Waals surface area contributed by atoms with Gasteiger partial charge in [-0.25, -0.2) is 18.1 Å². The summed E-state index contributed by atoms with van der Waals surface area (Å²) in [6, 6.07) is 2.68. The van der Waals surface area contributed by atoms with E-state index < -0.39 is 10.0 Å². The van der Waals surface area contributed by atoms with Gasteiger partial charge in [-0.2, -0.15) is 0 Å². The Labute approximate surface area is 126 Å². The van der Waals surface area contributed by atoms with Crippen molar-refractivity contribution in [1.82, 2.24) is 14.7 Å². The summed E-state index contributed by atoms with van der Waals surface area (Å²) >= 11 is 11.8. The van der Waals surface area contributed by atoms with E-state index >= 15 is 0 Å². The number of nitrogens with one attached hydrogen (secondary N) is 2. The summed E-state index contributed by atoms with van der Waals surface area (Å²) in [6.07, 6.45) is 3.69. The van der Waals surface area contributed by atoms with Crippen LogP contribution in [-0.2, 0) is 16.4 Å². The number of anilines is 1. The third kappa shape index (κ3) is 3.43. The van der Waals surface area contributed by atoms with Crippen LogP contribution >= 0.6 is 23.2 Å². The Hall–Kier alpha value is -1.28. The van der Waals surface area contributed by atoms with Crippen LogP contribution in [0.4, 0.5) is 5.69 Å². The Morgan fingerprint density at radius 3 is 2.50 bits per heavy atom. The van der Waals surface area contributed by atoms with Crippen LogP contribution < -0.4 is 10.5 Å². The smallest absolute Gasteiger partial charge is 0.243 e. The fourth-order valence-corrected chi connectivity index (χ4v) is 3.91. The van der Waals surface area contributed by atoms with Gasteiger partial charge in [0, 0.05) is 31.0 Å². The summed E-state index contributed by atoms with van der Waals surface area (Å²) in [7, 11) is -3.80. The molecule has 0 aliphatic heterocycles. The van der Waals surface area contributed by atoms with Crippen molar-refractivity contribution in [3.8, 4) is 0 Å². The lowest BCUT2D eigenvalue weighted by Crippen LogP contribution is -2.26. The van der Waals surface area contributed by atoms with Crippen LogP contribution in [0.2, 0.25) is 10.0 Å². The lowest BCUT2D eigenvalue weighted by molar-refractivity contribution is 0.581. The minimum absolute atomic E-state index is 0.0134. The number of aromatic amines is 1. The van der Waals surface area contributed by atoms with Crippen molar-refractivity contribution in [2.75, 3.05) is 12.3 Å². The van der Waals surface area contributed by atoms with E-state index in [2.05, 4.69) is 14.7 Å². The Morgan fingerprint density at radius 1 is 1.30 bits per heavy atom. The lowest BCUT2D eigenvalue weighted by Gasteiger charge is -2.10. The van der Waals surface area contributed by atoms with E-state index in [-0.39, 0.29) is 21.5 Å². The fourth-order valence-electron chi connectivity index (χ4n) is 1.65. The van der Waals surface area contributed by atoms with Crippen molar-refractivity contribution < 1.29 is 8.42 Å². The molecule has 0 bridgehead atoms. The molecule has 9 heteroatoms. The van der Waals surface area contributed by atoms with E-state index in [1.165, 1.54) is 12.1 Å². The highest BCUT2D eigenvalue weighted by Crippen LogP contribution is 2.31. The number of imidazole rings is 1. The van der Waals surface area contributed by atoms with Crippen molar-refractivity contribution in [1.29, 1.82) is 0 Å². The second-order valence-electron chi connectivity index (χ2n) is 4.00. The first-order chi connectivity index (χ1) is 9.40. The number of halogens is 2. The Balaban J connectivity index is 2.14. The number of nitrogens with zero attached hydrogens (tertiary/aromatic N) is 1. The first-order valence-corrected chi connectivity index (χ1v) is 7.86. The molecule has 0 fully saturated rings. The van der Waals surface area contributed by atoms with E-state index in [1.54, 1.807) is 12.4 Å². The molecule has 20 heavy (non-hydrogen) atoms. The number of hydrogen-bond acceptors (Lipinski definition) is 4. The topological polar surface area (TPSA) is 101 Å². The second-order valence-corrected chi connectivity index (χ2v) is 6.52. The number of rotatable bonds is 5. The molecule has 0 saturated heterocycles. The Bertz CT molecular complexity index is 678. The number of nitrogens with two attached hydrogens (primary N) is 1. The maximum atomic E-state index is 12.2. The van der Waals surface area contributed by atoms with E-state index in [0.29, 0.717) is 17.9 Å². The van der Waals surface area contributed by atoms with Crippen LogP contribution in [0.25, 0.3) is 0 Å². The largest absolute Gasteiger partial charge is 0.399 e. The summed E-state index contributed by atoms with van der Waals surface area (Å²) in [6.45, 7) is 0.173. The van der Waals surface area contributed by atoms with E-state index in [1.807, 2.05) is 0 Å². The quantitative estimate of drug-likeness (QED) is 0.726. The van der Waals surface area contributed by atoms with E-state index in [0.717, 1.165) is 0 Å². The van der Waals surface area contributed by atoms with Crippen molar-refractivity contribution in [2.45, 2.75) is 11.3 Å². The van der Waals surface area contributed by atoms with Gasteiger partial charge < -0.3 is 10.7 Å². The fraction of sp³-hybridized carbons (Fsp3) is 0.182. The molecule has 1 heterocycles. The highest BCUT2D eigenvalue weighted by atomic mass is 35.5. The third-order valence-corrected chi connectivity index (χ3v) is 4.88. The number of hydrogen-bond donors (Lipinski definition) is 3.